The number of pyridine rings is 1. The van der Waals surface area contributed by atoms with E-state index in [1.54, 1.807) is 4.57 Å². The zero-order chi connectivity index (χ0) is 22.3. The Morgan fingerprint density at radius 2 is 1.87 bits per heavy atom. The number of anilines is 1. The van der Waals surface area contributed by atoms with E-state index in [0.29, 0.717) is 31.6 Å². The summed E-state index contributed by atoms with van der Waals surface area (Å²) >= 11 is 0. The summed E-state index contributed by atoms with van der Waals surface area (Å²) in [6.07, 6.45) is 3.00. The Hall–Kier alpha value is -2.72. The van der Waals surface area contributed by atoms with Gasteiger partial charge >= 0.3 is 12.6 Å². The molecule has 0 bridgehead atoms. The van der Waals surface area contributed by atoms with Gasteiger partial charge in [0.05, 0.1) is 29.3 Å². The Kier molecular flexibility index (Phi) is 5.85. The van der Waals surface area contributed by atoms with E-state index in [9.17, 15) is 28.6 Å². The second kappa shape index (κ2) is 8.43. The summed E-state index contributed by atoms with van der Waals surface area (Å²) < 4.78 is 33.2. The summed E-state index contributed by atoms with van der Waals surface area (Å²) in [5.41, 5.74) is -0.585. The molecule has 1 atom stereocenters. The lowest BCUT2D eigenvalue weighted by atomic mass is 9.91. The van der Waals surface area contributed by atoms with Gasteiger partial charge in [-0.15, -0.1) is 0 Å². The Morgan fingerprint density at radius 3 is 2.42 bits per heavy atom. The summed E-state index contributed by atoms with van der Waals surface area (Å²) in [6, 6.07) is 2.89. The third-order valence-corrected chi connectivity index (χ3v) is 6.12. The predicted octanol–water partition coefficient (Wildman–Crippen LogP) is 2.21. The van der Waals surface area contributed by atoms with E-state index in [0.717, 1.165) is 12.8 Å². The largest absolute Gasteiger partial charge is 0.477 e. The number of alkyl halides is 2. The fourth-order valence-corrected chi connectivity index (χ4v) is 4.33. The second-order valence-corrected chi connectivity index (χ2v) is 8.08. The van der Waals surface area contributed by atoms with Gasteiger partial charge in [0, 0.05) is 25.3 Å². The van der Waals surface area contributed by atoms with Crippen LogP contribution in [0.5, 0.6) is 5.75 Å². The maximum absolute atomic E-state index is 13.4. The quantitative estimate of drug-likeness (QED) is 0.608. The van der Waals surface area contributed by atoms with Crippen LogP contribution in [-0.2, 0) is 0 Å². The van der Waals surface area contributed by atoms with Crippen LogP contribution in [0.4, 0.5) is 14.5 Å². The van der Waals surface area contributed by atoms with E-state index in [4.69, 9.17) is 9.84 Å². The van der Waals surface area contributed by atoms with Gasteiger partial charge < -0.3 is 29.5 Å². The van der Waals surface area contributed by atoms with Crippen molar-refractivity contribution < 1.29 is 33.6 Å². The highest BCUT2D eigenvalue weighted by atomic mass is 19.3. The summed E-state index contributed by atoms with van der Waals surface area (Å²) in [5.74, 6) is -1.61. The maximum Gasteiger partial charge on any atom is 0.387 e. The highest BCUT2D eigenvalue weighted by Crippen LogP contribution is 2.43. The number of piperidine rings is 1. The predicted molar refractivity (Wildman–Crippen MR) is 108 cm³/mol. The Morgan fingerprint density at radius 1 is 1.19 bits per heavy atom. The van der Waals surface area contributed by atoms with E-state index < -0.39 is 29.7 Å². The number of rotatable bonds is 7. The minimum Gasteiger partial charge on any atom is -0.477 e. The van der Waals surface area contributed by atoms with Crippen LogP contribution in [0.2, 0.25) is 0 Å². The van der Waals surface area contributed by atoms with Gasteiger partial charge in [-0.3, -0.25) is 4.79 Å². The molecule has 8 nitrogen and oxygen atoms in total. The van der Waals surface area contributed by atoms with Crippen LogP contribution in [0.25, 0.3) is 10.9 Å². The number of aliphatic hydroxyl groups is 2. The van der Waals surface area contributed by atoms with Gasteiger partial charge in [0.25, 0.3) is 0 Å². The number of carbonyl (C=O) groups is 1. The van der Waals surface area contributed by atoms with Gasteiger partial charge in [0.2, 0.25) is 5.43 Å². The molecule has 1 aliphatic heterocycles. The Balaban J connectivity index is 1.84. The monoisotopic (exact) mass is 438 g/mol. The van der Waals surface area contributed by atoms with Crippen molar-refractivity contribution in [3.05, 3.63) is 34.1 Å². The molecule has 1 unspecified atom stereocenters. The lowest BCUT2D eigenvalue weighted by Gasteiger charge is -2.36. The first-order valence-electron chi connectivity index (χ1n) is 10.3. The van der Waals surface area contributed by atoms with E-state index in [-0.39, 0.29) is 35.2 Å². The number of hydrogen-bond acceptors (Lipinski definition) is 6. The molecule has 0 amide bonds. The molecule has 0 radical (unpaired) electrons. The van der Waals surface area contributed by atoms with E-state index in [1.807, 2.05) is 4.90 Å². The highest BCUT2D eigenvalue weighted by Gasteiger charge is 2.32. The maximum atomic E-state index is 13.4. The first-order chi connectivity index (χ1) is 14.8. The number of carboxylic acid groups (broad SMARTS) is 1. The lowest BCUT2D eigenvalue weighted by molar-refractivity contribution is -0.0487. The number of hydrogen-bond donors (Lipinski definition) is 3. The van der Waals surface area contributed by atoms with Crippen molar-refractivity contribution in [3.8, 4) is 5.75 Å². The van der Waals surface area contributed by atoms with Crippen LogP contribution in [0.15, 0.2) is 23.1 Å². The fourth-order valence-electron chi connectivity index (χ4n) is 4.33. The number of aromatic nitrogens is 1. The van der Waals surface area contributed by atoms with Gasteiger partial charge in [0.1, 0.15) is 5.56 Å². The molecular formula is C21H24F2N2O6. The molecule has 168 valence electrons. The zero-order valence-corrected chi connectivity index (χ0v) is 16.7. The number of carboxylic acids is 1. The molecule has 1 saturated carbocycles. The molecule has 31 heavy (non-hydrogen) atoms. The molecule has 2 aromatic rings. The molecule has 3 N–H and O–H groups in total. The fraction of sp³-hybridized carbons (Fsp3) is 0.524. The second-order valence-electron chi connectivity index (χ2n) is 8.08. The van der Waals surface area contributed by atoms with Crippen molar-refractivity contribution in [2.45, 2.75) is 44.4 Å². The van der Waals surface area contributed by atoms with Crippen LogP contribution < -0.4 is 15.1 Å². The van der Waals surface area contributed by atoms with Gasteiger partial charge in [-0.2, -0.15) is 8.78 Å². The number of aromatic carboxylic acids is 1. The number of halogens is 2. The van der Waals surface area contributed by atoms with E-state index >= 15 is 0 Å². The van der Waals surface area contributed by atoms with Crippen LogP contribution in [0, 0.1) is 5.92 Å². The third kappa shape index (κ3) is 4.09. The van der Waals surface area contributed by atoms with Crippen molar-refractivity contribution in [2.75, 3.05) is 24.6 Å². The summed E-state index contributed by atoms with van der Waals surface area (Å²) in [5, 5.41) is 28.5. The summed E-state index contributed by atoms with van der Waals surface area (Å²) in [6.45, 7) is -2.55. The van der Waals surface area contributed by atoms with E-state index in [1.165, 1.54) is 18.3 Å². The number of ether oxygens (including phenoxy) is 1. The van der Waals surface area contributed by atoms with Crippen LogP contribution in [0.1, 0.15) is 42.1 Å². The van der Waals surface area contributed by atoms with Crippen molar-refractivity contribution in [1.29, 1.82) is 0 Å². The number of benzene rings is 1. The zero-order valence-electron chi connectivity index (χ0n) is 16.7. The minimum atomic E-state index is -3.12. The first-order valence-corrected chi connectivity index (χ1v) is 10.3. The molecular weight excluding hydrogens is 414 g/mol. The standard InChI is InChI=1S/C21H24F2N2O6/c22-21(23)31-19-15(24-7-5-11(6-8-24)16(27)10-26)4-3-13-17(19)25(12-1-2-12)9-14(18(13)28)20(29)30/h3-4,9,11-12,16,21,26-27H,1-2,5-8,10H2,(H,29,30). The number of aliphatic hydroxyl groups excluding tert-OH is 2. The molecule has 1 aliphatic carbocycles. The van der Waals surface area contributed by atoms with Gasteiger partial charge in [-0.05, 0) is 43.7 Å². The molecule has 4 rings (SSSR count). The van der Waals surface area contributed by atoms with Gasteiger partial charge in [-0.25, -0.2) is 4.79 Å². The first kappa shape index (κ1) is 21.5. The molecule has 10 heteroatoms. The van der Waals surface area contributed by atoms with Crippen molar-refractivity contribution >= 4 is 22.6 Å². The average molecular weight is 438 g/mol. The smallest absolute Gasteiger partial charge is 0.387 e. The molecule has 2 heterocycles. The van der Waals surface area contributed by atoms with Gasteiger partial charge in [-0.1, -0.05) is 0 Å². The molecule has 1 aromatic heterocycles. The van der Waals surface area contributed by atoms with Crippen molar-refractivity contribution in [3.63, 3.8) is 0 Å². The highest BCUT2D eigenvalue weighted by molar-refractivity contribution is 5.97. The molecule has 1 aromatic carbocycles. The number of fused-ring (bicyclic) bond motifs is 1. The summed E-state index contributed by atoms with van der Waals surface area (Å²) in [4.78, 5) is 26.1. The van der Waals surface area contributed by atoms with Gasteiger partial charge in [0.15, 0.2) is 5.75 Å². The number of nitrogens with zero attached hydrogens (tertiary/aromatic N) is 2. The Bertz CT molecular complexity index is 1040. The third-order valence-electron chi connectivity index (χ3n) is 6.12. The Labute approximate surface area is 176 Å². The topological polar surface area (TPSA) is 112 Å². The summed E-state index contributed by atoms with van der Waals surface area (Å²) in [7, 11) is 0. The minimum absolute atomic E-state index is 0.0248. The molecule has 0 spiro atoms. The van der Waals surface area contributed by atoms with Crippen molar-refractivity contribution in [2.24, 2.45) is 5.92 Å². The molecule has 2 aliphatic rings. The average Bonchev–Trinajstić information content (AvgIpc) is 3.58. The molecule has 2 fully saturated rings. The normalized spacial score (nSPS) is 18.5. The van der Waals surface area contributed by atoms with Crippen molar-refractivity contribution in [1.82, 2.24) is 4.57 Å². The SMILES string of the molecule is O=C(O)c1cn(C2CC2)c2c(OC(F)F)c(N3CCC(C(O)CO)CC3)ccc2c1=O. The van der Waals surface area contributed by atoms with E-state index in [2.05, 4.69) is 0 Å². The van der Waals surface area contributed by atoms with Crippen LogP contribution in [0.3, 0.4) is 0 Å². The molecule has 1 saturated heterocycles. The van der Waals surface area contributed by atoms with Crippen LogP contribution >= 0.6 is 0 Å². The lowest BCUT2D eigenvalue weighted by Crippen LogP contribution is -2.39. The van der Waals surface area contributed by atoms with Crippen LogP contribution in [-0.4, -0.2) is 58.3 Å².